The van der Waals surface area contributed by atoms with Crippen LogP contribution in [0.3, 0.4) is 0 Å². The van der Waals surface area contributed by atoms with Crippen LogP contribution in [0, 0.1) is 0 Å². The van der Waals surface area contributed by atoms with E-state index in [9.17, 15) is 4.79 Å². The third-order valence-electron chi connectivity index (χ3n) is 5.95. The van der Waals surface area contributed by atoms with Crippen LogP contribution < -0.4 is 10.4 Å². The van der Waals surface area contributed by atoms with Crippen molar-refractivity contribution < 1.29 is 9.22 Å². The molecule has 34 heavy (non-hydrogen) atoms. The van der Waals surface area contributed by atoms with E-state index < -0.39 is 9.04 Å². The molecular weight excluding hydrogens is 500 g/mol. The first-order chi connectivity index (χ1) is 16.3. The molecule has 0 bridgehead atoms. The molecule has 172 valence electrons. The second-order valence-corrected chi connectivity index (χ2v) is 12.9. The summed E-state index contributed by atoms with van der Waals surface area (Å²) in [5.41, 5.74) is 5.16. The van der Waals surface area contributed by atoms with Crippen molar-refractivity contribution in [2.75, 3.05) is 0 Å². The Morgan fingerprint density at radius 3 is 2.00 bits per heavy atom. The minimum Gasteiger partial charge on any atom is -0.407 e. The van der Waals surface area contributed by atoms with Gasteiger partial charge in [-0.15, -0.1) is 0 Å². The number of rotatable bonds is 7. The summed E-state index contributed by atoms with van der Waals surface area (Å²) in [6.45, 7) is 7.17. The molecule has 0 N–H and O–H groups in total. The van der Waals surface area contributed by atoms with Crippen LogP contribution in [0.15, 0.2) is 102 Å². The van der Waals surface area contributed by atoms with Crippen molar-refractivity contribution in [2.24, 2.45) is 0 Å². The molecule has 4 heteroatoms. The molecule has 0 aromatic heterocycles. The fraction of sp³-hybridized carbons (Fsp3) is 0.167. The van der Waals surface area contributed by atoms with E-state index in [1.807, 2.05) is 24.3 Å². The van der Waals surface area contributed by atoms with Crippen molar-refractivity contribution >= 4 is 41.6 Å². The van der Waals surface area contributed by atoms with Crippen LogP contribution in [-0.2, 0) is 16.4 Å². The number of benzene rings is 4. The van der Waals surface area contributed by atoms with Gasteiger partial charge in [-0.3, -0.25) is 4.79 Å². The highest BCUT2D eigenvalue weighted by atomic mass is 79.9. The molecule has 0 aliphatic carbocycles. The summed E-state index contributed by atoms with van der Waals surface area (Å²) in [5, 5.41) is 2.51. The highest BCUT2D eigenvalue weighted by Gasteiger charge is 2.21. The molecule has 0 heterocycles. The van der Waals surface area contributed by atoms with Crippen molar-refractivity contribution in [3.63, 3.8) is 0 Å². The minimum absolute atomic E-state index is 0.0220. The van der Waals surface area contributed by atoms with Crippen LogP contribution in [0.4, 0.5) is 0 Å². The monoisotopic (exact) mass is 528 g/mol. The Labute approximate surface area is 212 Å². The van der Waals surface area contributed by atoms with Crippen molar-refractivity contribution in [1.29, 1.82) is 0 Å². The van der Waals surface area contributed by atoms with Crippen LogP contribution in [0.5, 0.6) is 0 Å². The summed E-state index contributed by atoms with van der Waals surface area (Å²) in [7, 11) is -1.88. The van der Waals surface area contributed by atoms with Crippen molar-refractivity contribution in [2.45, 2.75) is 32.8 Å². The molecule has 4 aromatic carbocycles. The van der Waals surface area contributed by atoms with E-state index in [2.05, 4.69) is 109 Å². The first-order valence-corrected chi connectivity index (χ1v) is 13.9. The number of carbonyl (C=O) groups excluding carboxylic acids is 1. The normalized spacial score (nSPS) is 11.6. The number of hydrogen-bond acceptors (Lipinski definition) is 2. The summed E-state index contributed by atoms with van der Waals surface area (Å²) < 4.78 is 7.66. The second-order valence-electron chi connectivity index (χ2n) is 9.53. The maximum atomic E-state index is 11.5. The molecule has 0 amide bonds. The summed E-state index contributed by atoms with van der Waals surface area (Å²) >= 11 is 3.56. The lowest BCUT2D eigenvalue weighted by atomic mass is 9.84. The molecule has 2 nitrogen and oxygen atoms in total. The first kappa shape index (κ1) is 24.3. The van der Waals surface area contributed by atoms with Gasteiger partial charge in [-0.1, -0.05) is 116 Å². The van der Waals surface area contributed by atoms with Crippen LogP contribution in [0.1, 0.15) is 42.3 Å². The van der Waals surface area contributed by atoms with E-state index in [-0.39, 0.29) is 5.41 Å². The molecule has 0 atom stereocenters. The van der Waals surface area contributed by atoms with E-state index in [0.717, 1.165) is 27.4 Å². The molecule has 0 unspecified atom stereocenters. The Balaban J connectivity index is 1.76. The van der Waals surface area contributed by atoms with Gasteiger partial charge in [0.05, 0.1) is 6.61 Å². The number of aldehydes is 1. The largest absolute Gasteiger partial charge is 0.407 e. The van der Waals surface area contributed by atoms with Gasteiger partial charge in [-0.25, -0.2) is 0 Å². The highest BCUT2D eigenvalue weighted by molar-refractivity contribution is 9.10. The van der Waals surface area contributed by atoms with Gasteiger partial charge in [-0.2, -0.15) is 0 Å². The average molecular weight is 530 g/mol. The van der Waals surface area contributed by atoms with Gasteiger partial charge >= 0.3 is 0 Å². The lowest BCUT2D eigenvalue weighted by molar-refractivity contribution is 0.112. The maximum absolute atomic E-state index is 11.5. The molecule has 0 aliphatic rings. The van der Waals surface area contributed by atoms with Crippen LogP contribution in [0.25, 0.3) is 11.1 Å². The van der Waals surface area contributed by atoms with E-state index in [1.165, 1.54) is 15.9 Å². The number of hydrogen-bond donors (Lipinski definition) is 0. The van der Waals surface area contributed by atoms with E-state index >= 15 is 0 Å². The fourth-order valence-electron chi connectivity index (χ4n) is 4.11. The van der Waals surface area contributed by atoms with Crippen LogP contribution >= 0.6 is 15.9 Å². The molecule has 4 aromatic rings. The first-order valence-electron chi connectivity index (χ1n) is 11.5. The Kier molecular flexibility index (Phi) is 7.62. The number of carbonyl (C=O) groups is 1. The lowest BCUT2D eigenvalue weighted by Crippen LogP contribution is -2.44. The summed E-state index contributed by atoms with van der Waals surface area (Å²) in [4.78, 5) is 11.5. The van der Waals surface area contributed by atoms with E-state index in [0.29, 0.717) is 12.2 Å². The average Bonchev–Trinajstić information content (AvgIpc) is 2.84. The summed E-state index contributed by atoms with van der Waals surface area (Å²) in [6.07, 6.45) is 0.891. The molecule has 0 saturated heterocycles. The zero-order chi connectivity index (χ0) is 24.1. The molecule has 0 spiro atoms. The maximum Gasteiger partial charge on any atom is 0.240 e. The van der Waals surface area contributed by atoms with Gasteiger partial charge in [0.2, 0.25) is 9.04 Å². The Morgan fingerprint density at radius 2 is 1.44 bits per heavy atom. The minimum atomic E-state index is -1.88. The molecule has 0 fully saturated rings. The van der Waals surface area contributed by atoms with Crippen molar-refractivity contribution in [3.05, 3.63) is 118 Å². The summed E-state index contributed by atoms with van der Waals surface area (Å²) in [5.74, 6) is 0. The van der Waals surface area contributed by atoms with Crippen LogP contribution in [0.2, 0.25) is 0 Å². The highest BCUT2D eigenvalue weighted by Crippen LogP contribution is 2.32. The third-order valence-corrected chi connectivity index (χ3v) is 8.89. The quantitative estimate of drug-likeness (QED) is 0.208. The molecule has 0 saturated carbocycles. The zero-order valence-electron chi connectivity index (χ0n) is 19.8. The fourth-order valence-corrected chi connectivity index (χ4v) is 6.88. The molecule has 0 radical (unpaired) electrons. The Morgan fingerprint density at radius 1 is 0.824 bits per heavy atom. The topological polar surface area (TPSA) is 26.3 Å². The molecule has 0 aliphatic heterocycles. The van der Waals surface area contributed by atoms with Gasteiger partial charge < -0.3 is 4.43 Å². The SMILES string of the molecule is CC(C)(C)c1ccc(-c2cc(Br)cc(C=O)c2)c(CO[SiH](c2ccccc2)c2ccccc2)c1. The van der Waals surface area contributed by atoms with Gasteiger partial charge in [0.1, 0.15) is 6.29 Å². The Bertz CT molecular complexity index is 1220. The Hall–Kier alpha value is -2.79. The number of halogens is 1. The standard InChI is InChI=1S/C30H29BrO2Si/c1-30(2,3)25-14-15-29(23-16-22(20-32)17-26(31)19-23)24(18-25)21-33-34(27-10-6-4-7-11-27)28-12-8-5-9-13-28/h4-20,34H,21H2,1-3H3. The van der Waals surface area contributed by atoms with Gasteiger partial charge in [-0.05, 0) is 56.2 Å². The predicted octanol–water partition coefficient (Wildman–Crippen LogP) is 6.28. The summed E-state index contributed by atoms with van der Waals surface area (Å²) in [6, 6.07) is 33.5. The van der Waals surface area contributed by atoms with E-state index in [4.69, 9.17) is 4.43 Å². The van der Waals surface area contributed by atoms with Crippen molar-refractivity contribution in [3.8, 4) is 11.1 Å². The molecule has 4 rings (SSSR count). The van der Waals surface area contributed by atoms with Crippen molar-refractivity contribution in [1.82, 2.24) is 0 Å². The predicted molar refractivity (Wildman–Crippen MR) is 148 cm³/mol. The van der Waals surface area contributed by atoms with Gasteiger partial charge in [0.25, 0.3) is 0 Å². The third kappa shape index (κ3) is 5.82. The smallest absolute Gasteiger partial charge is 0.240 e. The van der Waals surface area contributed by atoms with E-state index in [1.54, 1.807) is 0 Å². The molecular formula is C30H29BrO2Si. The van der Waals surface area contributed by atoms with Crippen LogP contribution in [-0.4, -0.2) is 15.3 Å². The van der Waals surface area contributed by atoms with Gasteiger partial charge in [0, 0.05) is 10.0 Å². The van der Waals surface area contributed by atoms with Gasteiger partial charge in [0.15, 0.2) is 0 Å². The lowest BCUT2D eigenvalue weighted by Gasteiger charge is -2.23. The zero-order valence-corrected chi connectivity index (χ0v) is 22.5. The second kappa shape index (κ2) is 10.6.